The van der Waals surface area contributed by atoms with E-state index < -0.39 is 0 Å². The van der Waals surface area contributed by atoms with Crippen molar-refractivity contribution in [3.8, 4) is 17.2 Å². The zero-order valence-electron chi connectivity index (χ0n) is 16.7. The van der Waals surface area contributed by atoms with Crippen LogP contribution < -0.4 is 9.64 Å². The summed E-state index contributed by atoms with van der Waals surface area (Å²) in [5.41, 5.74) is 0.900. The van der Waals surface area contributed by atoms with E-state index in [0.717, 1.165) is 61.1 Å². The normalized spacial score (nSPS) is 21.6. The van der Waals surface area contributed by atoms with Gasteiger partial charge in [-0.2, -0.15) is 0 Å². The molecule has 0 unspecified atom stereocenters. The van der Waals surface area contributed by atoms with E-state index in [1.807, 2.05) is 24.3 Å². The van der Waals surface area contributed by atoms with Crippen molar-refractivity contribution in [3.63, 3.8) is 0 Å². The van der Waals surface area contributed by atoms with E-state index in [9.17, 15) is 0 Å². The molecule has 0 N–H and O–H groups in total. The second kappa shape index (κ2) is 8.60. The van der Waals surface area contributed by atoms with Crippen LogP contribution >= 0.6 is 11.6 Å². The van der Waals surface area contributed by atoms with Gasteiger partial charge in [0.2, 0.25) is 18.2 Å². The van der Waals surface area contributed by atoms with Crippen molar-refractivity contribution in [2.75, 3.05) is 24.6 Å². The van der Waals surface area contributed by atoms with Crippen LogP contribution in [-0.4, -0.2) is 39.9 Å². The lowest BCUT2D eigenvalue weighted by atomic mass is 9.90. The first-order valence-electron chi connectivity index (χ1n) is 10.5. The van der Waals surface area contributed by atoms with Crippen LogP contribution in [0, 0.1) is 17.8 Å². The number of rotatable bonds is 7. The summed E-state index contributed by atoms with van der Waals surface area (Å²) in [6.07, 6.45) is 9.56. The smallest absolute Gasteiger partial charge is 0.247 e. The lowest BCUT2D eigenvalue weighted by Crippen LogP contribution is -2.35. The molecule has 3 heterocycles. The standard InChI is InChI=1S/C22H24ClN5O2/c23-18-12-24-22(25-13-18)28-8-5-15(6-9-28)20-11-17(20)7-10-29-19-3-1-16(2-4-19)21-27-26-14-30-21/h1-4,12-15,17,20H,5-11H2/t17-,20-/m0/s1. The molecule has 5 rings (SSSR count). The van der Waals surface area contributed by atoms with Gasteiger partial charge in [0.05, 0.1) is 24.0 Å². The van der Waals surface area contributed by atoms with Gasteiger partial charge in [-0.25, -0.2) is 9.97 Å². The molecule has 0 amide bonds. The summed E-state index contributed by atoms with van der Waals surface area (Å²) in [6, 6.07) is 7.80. The Kier molecular flexibility index (Phi) is 5.53. The van der Waals surface area contributed by atoms with E-state index in [4.69, 9.17) is 20.8 Å². The van der Waals surface area contributed by atoms with E-state index in [1.54, 1.807) is 12.4 Å². The van der Waals surface area contributed by atoms with Crippen LogP contribution in [0.25, 0.3) is 11.5 Å². The summed E-state index contributed by atoms with van der Waals surface area (Å²) >= 11 is 5.89. The first-order valence-corrected chi connectivity index (χ1v) is 10.9. The van der Waals surface area contributed by atoms with Crippen molar-refractivity contribution in [3.05, 3.63) is 48.1 Å². The Bertz CT molecular complexity index is 941. The minimum Gasteiger partial charge on any atom is -0.494 e. The molecule has 2 aromatic heterocycles. The van der Waals surface area contributed by atoms with Gasteiger partial charge in [-0.1, -0.05) is 11.6 Å². The number of anilines is 1. The van der Waals surface area contributed by atoms with Gasteiger partial charge in [0, 0.05) is 18.7 Å². The number of hydrogen-bond donors (Lipinski definition) is 0. The van der Waals surface area contributed by atoms with Crippen LogP contribution in [0.5, 0.6) is 5.75 Å². The average molecular weight is 426 g/mol. The highest BCUT2D eigenvalue weighted by Gasteiger charge is 2.43. The number of ether oxygens (including phenoxy) is 1. The van der Waals surface area contributed by atoms with Gasteiger partial charge in [-0.15, -0.1) is 10.2 Å². The molecule has 1 saturated carbocycles. The highest BCUT2D eigenvalue weighted by molar-refractivity contribution is 6.30. The molecule has 2 fully saturated rings. The van der Waals surface area contributed by atoms with E-state index in [-0.39, 0.29) is 0 Å². The minimum atomic E-state index is 0.524. The molecule has 2 aliphatic rings. The van der Waals surface area contributed by atoms with Crippen molar-refractivity contribution >= 4 is 17.5 Å². The first kappa shape index (κ1) is 19.3. The molecule has 0 spiro atoms. The molecule has 1 aromatic carbocycles. The molecule has 2 atom stereocenters. The maximum atomic E-state index is 5.95. The topological polar surface area (TPSA) is 77.2 Å². The maximum Gasteiger partial charge on any atom is 0.247 e. The Labute approximate surface area is 180 Å². The van der Waals surface area contributed by atoms with Gasteiger partial charge in [0.15, 0.2) is 0 Å². The molecule has 1 aliphatic carbocycles. The third-order valence-electron chi connectivity index (χ3n) is 6.23. The number of benzene rings is 1. The van der Waals surface area contributed by atoms with Crippen LogP contribution in [-0.2, 0) is 0 Å². The fourth-order valence-corrected chi connectivity index (χ4v) is 4.60. The Morgan fingerprint density at radius 1 is 1.10 bits per heavy atom. The third-order valence-corrected chi connectivity index (χ3v) is 6.43. The number of halogens is 1. The fraction of sp³-hybridized carbons (Fsp3) is 0.455. The van der Waals surface area contributed by atoms with Gasteiger partial charge in [-0.05, 0) is 67.7 Å². The van der Waals surface area contributed by atoms with Crippen molar-refractivity contribution in [1.82, 2.24) is 20.2 Å². The summed E-state index contributed by atoms with van der Waals surface area (Å²) < 4.78 is 11.2. The summed E-state index contributed by atoms with van der Waals surface area (Å²) in [6.45, 7) is 2.81. The highest BCUT2D eigenvalue weighted by Crippen LogP contribution is 2.49. The number of aromatic nitrogens is 4. The van der Waals surface area contributed by atoms with E-state index in [1.165, 1.54) is 25.7 Å². The lowest BCUT2D eigenvalue weighted by molar-refractivity contribution is 0.284. The van der Waals surface area contributed by atoms with Gasteiger partial charge in [0.1, 0.15) is 5.75 Å². The predicted octanol–water partition coefficient (Wildman–Crippen LogP) is 4.50. The van der Waals surface area contributed by atoms with Crippen molar-refractivity contribution < 1.29 is 9.15 Å². The summed E-state index contributed by atoms with van der Waals surface area (Å²) in [5.74, 6) is 4.66. The minimum absolute atomic E-state index is 0.524. The lowest BCUT2D eigenvalue weighted by Gasteiger charge is -2.32. The zero-order chi connectivity index (χ0) is 20.3. The molecule has 1 saturated heterocycles. The summed E-state index contributed by atoms with van der Waals surface area (Å²) in [5, 5.41) is 8.20. The van der Waals surface area contributed by atoms with Crippen molar-refractivity contribution in [1.29, 1.82) is 0 Å². The highest BCUT2D eigenvalue weighted by atomic mass is 35.5. The van der Waals surface area contributed by atoms with Gasteiger partial charge in [-0.3, -0.25) is 0 Å². The molecular weight excluding hydrogens is 402 g/mol. The second-order valence-electron chi connectivity index (χ2n) is 8.09. The Morgan fingerprint density at radius 3 is 2.57 bits per heavy atom. The quantitative estimate of drug-likeness (QED) is 0.551. The summed E-state index contributed by atoms with van der Waals surface area (Å²) in [4.78, 5) is 11.0. The second-order valence-corrected chi connectivity index (χ2v) is 8.53. The monoisotopic (exact) mass is 425 g/mol. The van der Waals surface area contributed by atoms with Crippen LogP contribution in [0.4, 0.5) is 5.95 Å². The summed E-state index contributed by atoms with van der Waals surface area (Å²) in [7, 11) is 0. The maximum absolute atomic E-state index is 5.95. The van der Waals surface area contributed by atoms with Gasteiger partial charge >= 0.3 is 0 Å². The molecular formula is C22H24ClN5O2. The SMILES string of the molecule is Clc1cnc(N2CCC([C@@H]3C[C@@H]3CCOc3ccc(-c4nnco4)cc3)CC2)nc1. The van der Waals surface area contributed by atoms with Crippen LogP contribution in [0.1, 0.15) is 25.7 Å². The molecule has 1 aliphatic heterocycles. The molecule has 0 bridgehead atoms. The number of piperidine rings is 1. The van der Waals surface area contributed by atoms with Crippen LogP contribution in [0.15, 0.2) is 47.5 Å². The Morgan fingerprint density at radius 2 is 1.87 bits per heavy atom. The average Bonchev–Trinajstić information content (AvgIpc) is 3.34. The van der Waals surface area contributed by atoms with Crippen LogP contribution in [0.3, 0.4) is 0 Å². The molecule has 7 nitrogen and oxygen atoms in total. The zero-order valence-corrected chi connectivity index (χ0v) is 17.4. The third kappa shape index (κ3) is 4.41. The fourth-order valence-electron chi connectivity index (χ4n) is 4.50. The number of hydrogen-bond acceptors (Lipinski definition) is 7. The van der Waals surface area contributed by atoms with Gasteiger partial charge < -0.3 is 14.1 Å². The molecule has 156 valence electrons. The van der Waals surface area contributed by atoms with E-state index in [2.05, 4.69) is 25.1 Å². The first-order chi connectivity index (χ1) is 14.8. The van der Waals surface area contributed by atoms with Crippen LogP contribution in [0.2, 0.25) is 5.02 Å². The Hall–Kier alpha value is -2.67. The molecule has 30 heavy (non-hydrogen) atoms. The number of nitrogens with zero attached hydrogens (tertiary/aromatic N) is 5. The Balaban J connectivity index is 1.03. The van der Waals surface area contributed by atoms with Gasteiger partial charge in [0.25, 0.3) is 0 Å². The van der Waals surface area contributed by atoms with E-state index >= 15 is 0 Å². The predicted molar refractivity (Wildman–Crippen MR) is 113 cm³/mol. The van der Waals surface area contributed by atoms with Crippen molar-refractivity contribution in [2.45, 2.75) is 25.7 Å². The largest absolute Gasteiger partial charge is 0.494 e. The molecule has 0 radical (unpaired) electrons. The molecule has 8 heteroatoms. The van der Waals surface area contributed by atoms with E-state index in [0.29, 0.717) is 10.9 Å². The van der Waals surface area contributed by atoms with Crippen molar-refractivity contribution in [2.24, 2.45) is 17.8 Å². The molecule has 3 aromatic rings.